The van der Waals surface area contributed by atoms with Gasteiger partial charge in [0.05, 0.1) is 0 Å². The maximum Gasteiger partial charge on any atom is 0.357 e. The number of aliphatic hydroxyl groups is 1. The lowest BCUT2D eigenvalue weighted by molar-refractivity contribution is 0.0690. The molecule has 0 aliphatic carbocycles. The van der Waals surface area contributed by atoms with Gasteiger partial charge in [-0.25, -0.2) is 4.79 Å². The van der Waals surface area contributed by atoms with Gasteiger partial charge in [-0.05, 0) is 19.8 Å². The van der Waals surface area contributed by atoms with Crippen LogP contribution in [0.2, 0.25) is 0 Å². The monoisotopic (exact) mass is 214 g/mol. The average molecular weight is 214 g/mol. The Hall–Kier alpha value is -1.56. The molecule has 0 bridgehead atoms. The van der Waals surface area contributed by atoms with Crippen molar-refractivity contribution >= 4 is 12.0 Å². The van der Waals surface area contributed by atoms with Crippen molar-refractivity contribution in [3.05, 3.63) is 12.0 Å². The molecule has 1 atom stereocenters. The highest BCUT2D eigenvalue weighted by Crippen LogP contribution is 2.10. The Morgan fingerprint density at radius 3 is 3.00 bits per heavy atom. The van der Waals surface area contributed by atoms with Crippen LogP contribution in [0.15, 0.2) is 10.7 Å². The molecule has 0 spiro atoms. The van der Waals surface area contributed by atoms with E-state index >= 15 is 0 Å². The van der Waals surface area contributed by atoms with Crippen molar-refractivity contribution < 1.29 is 19.4 Å². The van der Waals surface area contributed by atoms with Gasteiger partial charge in [0, 0.05) is 12.6 Å². The number of hydrogen-bond donors (Lipinski definition) is 3. The van der Waals surface area contributed by atoms with Crippen LogP contribution < -0.4 is 5.32 Å². The highest BCUT2D eigenvalue weighted by atomic mass is 16.4. The molecular weight excluding hydrogens is 200 g/mol. The molecule has 1 heterocycles. The summed E-state index contributed by atoms with van der Waals surface area (Å²) in [7, 11) is 0. The number of aromatic nitrogens is 1. The first-order valence-electron chi connectivity index (χ1n) is 4.69. The number of nitrogens with one attached hydrogen (secondary N) is 1. The first-order valence-corrected chi connectivity index (χ1v) is 4.69. The van der Waals surface area contributed by atoms with E-state index < -0.39 is 5.97 Å². The largest absolute Gasteiger partial charge is 0.476 e. The molecule has 84 valence electrons. The van der Waals surface area contributed by atoms with Gasteiger partial charge >= 0.3 is 5.97 Å². The zero-order valence-electron chi connectivity index (χ0n) is 8.43. The van der Waals surface area contributed by atoms with E-state index in [-0.39, 0.29) is 24.4 Å². The number of anilines is 1. The number of rotatable bonds is 6. The Balaban J connectivity index is 2.46. The summed E-state index contributed by atoms with van der Waals surface area (Å²) in [6.45, 7) is 2.04. The molecular formula is C9H14N2O4. The third-order valence-corrected chi connectivity index (χ3v) is 1.89. The van der Waals surface area contributed by atoms with Crippen molar-refractivity contribution in [3.63, 3.8) is 0 Å². The van der Waals surface area contributed by atoms with Crippen LogP contribution in [0.25, 0.3) is 0 Å². The fourth-order valence-electron chi connectivity index (χ4n) is 1.12. The topological polar surface area (TPSA) is 95.6 Å². The van der Waals surface area contributed by atoms with E-state index in [1.54, 1.807) is 0 Å². The number of oxazole rings is 1. The molecule has 0 aromatic carbocycles. The quantitative estimate of drug-likeness (QED) is 0.652. The van der Waals surface area contributed by atoms with Crippen LogP contribution in [0, 0.1) is 0 Å². The van der Waals surface area contributed by atoms with E-state index in [4.69, 9.17) is 14.6 Å². The molecule has 1 unspecified atom stereocenters. The fourth-order valence-corrected chi connectivity index (χ4v) is 1.12. The summed E-state index contributed by atoms with van der Waals surface area (Å²) in [5, 5.41) is 20.1. The third-order valence-electron chi connectivity index (χ3n) is 1.89. The number of carboxylic acid groups (broad SMARTS) is 1. The van der Waals surface area contributed by atoms with Crippen LogP contribution in [0.1, 0.15) is 30.3 Å². The molecule has 6 nitrogen and oxygen atoms in total. The molecule has 1 rings (SSSR count). The number of aliphatic hydroxyl groups excluding tert-OH is 1. The van der Waals surface area contributed by atoms with Crippen LogP contribution in [-0.4, -0.2) is 33.8 Å². The van der Waals surface area contributed by atoms with Gasteiger partial charge in [-0.15, -0.1) is 0 Å². The van der Waals surface area contributed by atoms with Crippen molar-refractivity contribution in [2.24, 2.45) is 0 Å². The lowest BCUT2D eigenvalue weighted by atomic mass is 10.2. The van der Waals surface area contributed by atoms with Gasteiger partial charge < -0.3 is 19.9 Å². The summed E-state index contributed by atoms with van der Waals surface area (Å²) >= 11 is 0. The molecule has 0 aliphatic heterocycles. The second kappa shape index (κ2) is 5.35. The Kier molecular flexibility index (Phi) is 4.11. The molecule has 1 aromatic rings. The molecule has 0 amide bonds. The number of carboxylic acids is 1. The molecule has 0 saturated carbocycles. The zero-order valence-corrected chi connectivity index (χ0v) is 8.43. The maximum absolute atomic E-state index is 10.5. The Bertz CT molecular complexity index is 324. The van der Waals surface area contributed by atoms with Crippen LogP contribution in [0.3, 0.4) is 0 Å². The van der Waals surface area contributed by atoms with E-state index in [9.17, 15) is 4.79 Å². The highest BCUT2D eigenvalue weighted by Gasteiger charge is 2.11. The number of aromatic carboxylic acids is 1. The van der Waals surface area contributed by atoms with Crippen molar-refractivity contribution in [1.82, 2.24) is 4.98 Å². The summed E-state index contributed by atoms with van der Waals surface area (Å²) < 4.78 is 4.91. The lowest BCUT2D eigenvalue weighted by Crippen LogP contribution is -2.15. The molecule has 0 radical (unpaired) electrons. The predicted octanol–water partition coefficient (Wildman–Crippen LogP) is 0.946. The van der Waals surface area contributed by atoms with E-state index in [0.717, 1.165) is 12.7 Å². The zero-order chi connectivity index (χ0) is 11.3. The minimum atomic E-state index is -1.12. The van der Waals surface area contributed by atoms with Crippen molar-refractivity contribution in [1.29, 1.82) is 0 Å². The molecule has 0 aliphatic rings. The van der Waals surface area contributed by atoms with Crippen LogP contribution >= 0.6 is 0 Å². The smallest absolute Gasteiger partial charge is 0.357 e. The van der Waals surface area contributed by atoms with E-state index in [1.165, 1.54) is 0 Å². The SMILES string of the molecule is CC(CCCO)Nc1nc(C(=O)O)co1. The Labute approximate surface area is 86.9 Å². The normalized spacial score (nSPS) is 12.4. The van der Waals surface area contributed by atoms with Gasteiger partial charge in [-0.3, -0.25) is 0 Å². The Morgan fingerprint density at radius 1 is 1.73 bits per heavy atom. The van der Waals surface area contributed by atoms with Crippen molar-refractivity contribution in [2.45, 2.75) is 25.8 Å². The molecule has 15 heavy (non-hydrogen) atoms. The van der Waals surface area contributed by atoms with Crippen LogP contribution in [0.5, 0.6) is 0 Å². The first kappa shape index (κ1) is 11.5. The number of hydrogen-bond acceptors (Lipinski definition) is 5. The van der Waals surface area contributed by atoms with Gasteiger partial charge in [-0.2, -0.15) is 4.98 Å². The highest BCUT2D eigenvalue weighted by molar-refractivity contribution is 5.85. The van der Waals surface area contributed by atoms with Gasteiger partial charge in [0.1, 0.15) is 6.26 Å². The van der Waals surface area contributed by atoms with Crippen LogP contribution in [0.4, 0.5) is 6.01 Å². The average Bonchev–Trinajstić information content (AvgIpc) is 2.63. The fraction of sp³-hybridized carbons (Fsp3) is 0.556. The summed E-state index contributed by atoms with van der Waals surface area (Å²) in [6, 6.07) is 0.273. The summed E-state index contributed by atoms with van der Waals surface area (Å²) in [6.07, 6.45) is 2.53. The van der Waals surface area contributed by atoms with Crippen molar-refractivity contribution in [2.75, 3.05) is 11.9 Å². The minimum Gasteiger partial charge on any atom is -0.476 e. The van der Waals surface area contributed by atoms with E-state index in [1.807, 2.05) is 6.92 Å². The lowest BCUT2D eigenvalue weighted by Gasteiger charge is -2.10. The van der Waals surface area contributed by atoms with Crippen LogP contribution in [-0.2, 0) is 0 Å². The van der Waals surface area contributed by atoms with Gasteiger partial charge in [0.2, 0.25) is 0 Å². The van der Waals surface area contributed by atoms with Gasteiger partial charge in [-0.1, -0.05) is 0 Å². The maximum atomic E-state index is 10.5. The standard InChI is InChI=1S/C9H14N2O4/c1-6(3-2-4-12)10-9-11-7(5-15-9)8(13)14/h5-6,12H,2-4H2,1H3,(H,10,11)(H,13,14). The summed E-state index contributed by atoms with van der Waals surface area (Å²) in [5.74, 6) is -1.12. The Morgan fingerprint density at radius 2 is 2.47 bits per heavy atom. The molecule has 0 saturated heterocycles. The second-order valence-electron chi connectivity index (χ2n) is 3.25. The summed E-state index contributed by atoms with van der Waals surface area (Å²) in [5.41, 5.74) is -0.119. The predicted molar refractivity (Wildman–Crippen MR) is 52.9 cm³/mol. The second-order valence-corrected chi connectivity index (χ2v) is 3.25. The molecule has 0 fully saturated rings. The molecule has 6 heteroatoms. The van der Waals surface area contributed by atoms with E-state index in [2.05, 4.69) is 10.3 Å². The van der Waals surface area contributed by atoms with Gasteiger partial charge in [0.25, 0.3) is 6.01 Å². The number of carbonyl (C=O) groups is 1. The minimum absolute atomic E-state index is 0.0810. The summed E-state index contributed by atoms with van der Waals surface area (Å²) in [4.78, 5) is 14.2. The van der Waals surface area contributed by atoms with E-state index in [0.29, 0.717) is 6.42 Å². The van der Waals surface area contributed by atoms with Crippen molar-refractivity contribution in [3.8, 4) is 0 Å². The van der Waals surface area contributed by atoms with Gasteiger partial charge in [0.15, 0.2) is 5.69 Å². The third kappa shape index (κ3) is 3.59. The molecule has 3 N–H and O–H groups in total. The number of nitrogens with zero attached hydrogens (tertiary/aromatic N) is 1. The molecule has 1 aromatic heterocycles. The first-order chi connectivity index (χ1) is 7.13.